The number of hydrogen-bond acceptors (Lipinski definition) is 5. The highest BCUT2D eigenvalue weighted by Gasteiger charge is 2.26. The molecule has 4 rings (SSSR count). The molecule has 1 fully saturated rings. The minimum Gasteiger partial charge on any atom is -0.337 e. The smallest absolute Gasteiger partial charge is 0.253 e. The number of piperidine rings is 1. The lowest BCUT2D eigenvalue weighted by Crippen LogP contribution is -2.40. The number of amides is 1. The van der Waals surface area contributed by atoms with Crippen LogP contribution in [0.15, 0.2) is 43.0 Å². The molecular weight excluding hydrogens is 318 g/mol. The van der Waals surface area contributed by atoms with E-state index in [9.17, 15) is 4.79 Å². The lowest BCUT2D eigenvalue weighted by Gasteiger charge is -2.33. The molecule has 1 unspecified atom stereocenters. The molecule has 3 aromatic rings. The molecule has 8 heteroatoms. The van der Waals surface area contributed by atoms with Gasteiger partial charge in [-0.15, -0.1) is 5.10 Å². The van der Waals surface area contributed by atoms with Crippen molar-refractivity contribution < 1.29 is 4.79 Å². The summed E-state index contributed by atoms with van der Waals surface area (Å²) in [6.45, 7) is 3.43. The van der Waals surface area contributed by atoms with Gasteiger partial charge in [0, 0.05) is 31.0 Å². The maximum Gasteiger partial charge on any atom is 0.253 e. The Hall–Kier alpha value is -3.03. The number of tetrazole rings is 1. The zero-order valence-corrected chi connectivity index (χ0v) is 14.0. The van der Waals surface area contributed by atoms with Crippen molar-refractivity contribution in [1.29, 1.82) is 0 Å². The van der Waals surface area contributed by atoms with Crippen LogP contribution in [0.2, 0.25) is 0 Å². The van der Waals surface area contributed by atoms with E-state index in [0.29, 0.717) is 12.1 Å². The number of nitrogens with zero attached hydrogens (tertiary/aromatic N) is 7. The van der Waals surface area contributed by atoms with Crippen molar-refractivity contribution in [2.45, 2.75) is 25.8 Å². The summed E-state index contributed by atoms with van der Waals surface area (Å²) in [5, 5.41) is 15.5. The maximum atomic E-state index is 12.9. The summed E-state index contributed by atoms with van der Waals surface area (Å²) in [6, 6.07) is 7.78. The van der Waals surface area contributed by atoms with Gasteiger partial charge in [0.05, 0.1) is 11.7 Å². The summed E-state index contributed by atoms with van der Waals surface area (Å²) >= 11 is 0. The molecule has 0 bridgehead atoms. The Kier molecular flexibility index (Phi) is 4.01. The van der Waals surface area contributed by atoms with Crippen LogP contribution in [0.5, 0.6) is 0 Å². The molecule has 1 aromatic carbocycles. The molecule has 1 amide bonds. The number of likely N-dealkylation sites (tertiary alicyclic amines) is 1. The third-order valence-corrected chi connectivity index (χ3v) is 4.62. The summed E-state index contributed by atoms with van der Waals surface area (Å²) in [6.07, 6.45) is 7.31. The lowest BCUT2D eigenvalue weighted by molar-refractivity contribution is 0.0673. The van der Waals surface area contributed by atoms with Crippen LogP contribution in [-0.4, -0.2) is 53.9 Å². The summed E-state index contributed by atoms with van der Waals surface area (Å²) in [7, 11) is 0. The SMILES string of the molecule is Cc1cc(C(=O)N2CCCC(n3cccn3)C2)ccc1-n1cnnn1. The predicted molar refractivity (Wildman–Crippen MR) is 90.3 cm³/mol. The molecule has 3 heterocycles. The molecule has 0 aliphatic carbocycles. The molecule has 0 N–H and O–H groups in total. The van der Waals surface area contributed by atoms with Gasteiger partial charge in [-0.1, -0.05) is 0 Å². The van der Waals surface area contributed by atoms with E-state index in [1.807, 2.05) is 47.0 Å². The topological polar surface area (TPSA) is 81.7 Å². The van der Waals surface area contributed by atoms with Crippen molar-refractivity contribution in [3.05, 3.63) is 54.1 Å². The van der Waals surface area contributed by atoms with E-state index >= 15 is 0 Å². The molecule has 128 valence electrons. The highest BCUT2D eigenvalue weighted by Crippen LogP contribution is 2.23. The van der Waals surface area contributed by atoms with Crippen LogP contribution in [0.3, 0.4) is 0 Å². The second-order valence-electron chi connectivity index (χ2n) is 6.29. The first kappa shape index (κ1) is 15.5. The maximum absolute atomic E-state index is 12.9. The molecule has 8 nitrogen and oxygen atoms in total. The van der Waals surface area contributed by atoms with Gasteiger partial charge in [-0.2, -0.15) is 5.10 Å². The molecule has 25 heavy (non-hydrogen) atoms. The van der Waals surface area contributed by atoms with E-state index in [1.165, 1.54) is 0 Å². The minimum atomic E-state index is 0.0585. The van der Waals surface area contributed by atoms with E-state index in [1.54, 1.807) is 17.2 Å². The van der Waals surface area contributed by atoms with Gasteiger partial charge < -0.3 is 4.90 Å². The number of carbonyl (C=O) groups is 1. The average molecular weight is 337 g/mol. The van der Waals surface area contributed by atoms with E-state index in [2.05, 4.69) is 20.6 Å². The Bertz CT molecular complexity index is 857. The summed E-state index contributed by atoms with van der Waals surface area (Å²) in [4.78, 5) is 14.8. The van der Waals surface area contributed by atoms with Gasteiger partial charge in [0.15, 0.2) is 0 Å². The van der Waals surface area contributed by atoms with Crippen LogP contribution in [0.1, 0.15) is 34.8 Å². The Morgan fingerprint density at radius 2 is 2.24 bits per heavy atom. The van der Waals surface area contributed by atoms with E-state index in [4.69, 9.17) is 0 Å². The summed E-state index contributed by atoms with van der Waals surface area (Å²) in [5.41, 5.74) is 2.52. The van der Waals surface area contributed by atoms with Crippen molar-refractivity contribution in [2.24, 2.45) is 0 Å². The molecule has 1 aliphatic heterocycles. The van der Waals surface area contributed by atoms with Crippen molar-refractivity contribution in [3.8, 4) is 5.69 Å². The highest BCUT2D eigenvalue weighted by molar-refractivity contribution is 5.94. The molecular formula is C17H19N7O. The average Bonchev–Trinajstić information content (AvgIpc) is 3.35. The van der Waals surface area contributed by atoms with Crippen LogP contribution in [0.4, 0.5) is 0 Å². The van der Waals surface area contributed by atoms with Crippen LogP contribution < -0.4 is 0 Å². The van der Waals surface area contributed by atoms with Gasteiger partial charge in [0.2, 0.25) is 0 Å². The molecule has 0 saturated carbocycles. The minimum absolute atomic E-state index is 0.0585. The zero-order valence-electron chi connectivity index (χ0n) is 14.0. The van der Waals surface area contributed by atoms with Crippen LogP contribution in [0.25, 0.3) is 5.69 Å². The number of hydrogen-bond donors (Lipinski definition) is 0. The largest absolute Gasteiger partial charge is 0.337 e. The van der Waals surface area contributed by atoms with Crippen molar-refractivity contribution >= 4 is 5.91 Å². The fourth-order valence-electron chi connectivity index (χ4n) is 3.35. The van der Waals surface area contributed by atoms with E-state index in [0.717, 1.165) is 30.6 Å². The first-order valence-corrected chi connectivity index (χ1v) is 8.35. The second kappa shape index (κ2) is 6.46. The Labute approximate surface area is 145 Å². The van der Waals surface area contributed by atoms with Gasteiger partial charge in [-0.3, -0.25) is 9.48 Å². The molecule has 1 aliphatic rings. The van der Waals surface area contributed by atoms with Crippen LogP contribution in [-0.2, 0) is 0 Å². The summed E-state index contributed by atoms with van der Waals surface area (Å²) in [5.74, 6) is 0.0585. The third-order valence-electron chi connectivity index (χ3n) is 4.62. The summed E-state index contributed by atoms with van der Waals surface area (Å²) < 4.78 is 3.55. The van der Waals surface area contributed by atoms with Crippen LogP contribution in [0, 0.1) is 6.92 Å². The van der Waals surface area contributed by atoms with Gasteiger partial charge >= 0.3 is 0 Å². The standard InChI is InChI=1S/C17H19N7O/c1-13-10-14(5-6-16(13)24-12-18-20-21-24)17(25)22-8-2-4-15(11-22)23-9-3-7-19-23/h3,5-7,9-10,12,15H,2,4,8,11H2,1H3. The predicted octanol–water partition coefficient (Wildman–Crippen LogP) is 1.64. The molecule has 0 spiro atoms. The van der Waals surface area contributed by atoms with Gasteiger partial charge in [-0.25, -0.2) is 4.68 Å². The second-order valence-corrected chi connectivity index (χ2v) is 6.29. The number of carbonyl (C=O) groups excluding carboxylic acids is 1. The first-order valence-electron chi connectivity index (χ1n) is 8.35. The number of aryl methyl sites for hydroxylation is 1. The van der Waals surface area contributed by atoms with Crippen LogP contribution >= 0.6 is 0 Å². The van der Waals surface area contributed by atoms with Crippen molar-refractivity contribution in [2.75, 3.05) is 13.1 Å². The lowest BCUT2D eigenvalue weighted by atomic mass is 10.0. The van der Waals surface area contributed by atoms with E-state index in [-0.39, 0.29) is 11.9 Å². The molecule has 1 saturated heterocycles. The normalized spacial score (nSPS) is 17.6. The zero-order chi connectivity index (χ0) is 17.2. The van der Waals surface area contributed by atoms with Crippen molar-refractivity contribution in [3.63, 3.8) is 0 Å². The van der Waals surface area contributed by atoms with Gasteiger partial charge in [0.25, 0.3) is 5.91 Å². The Balaban J connectivity index is 1.53. The van der Waals surface area contributed by atoms with E-state index < -0.39 is 0 Å². The quantitative estimate of drug-likeness (QED) is 0.726. The van der Waals surface area contributed by atoms with Gasteiger partial charge in [-0.05, 0) is 60.0 Å². The monoisotopic (exact) mass is 337 g/mol. The highest BCUT2D eigenvalue weighted by atomic mass is 16.2. The third kappa shape index (κ3) is 3.02. The Morgan fingerprint density at radius 3 is 2.96 bits per heavy atom. The fraction of sp³-hybridized carbons (Fsp3) is 0.353. The van der Waals surface area contributed by atoms with Gasteiger partial charge in [0.1, 0.15) is 6.33 Å². The fourth-order valence-corrected chi connectivity index (χ4v) is 3.35. The molecule has 0 radical (unpaired) electrons. The molecule has 2 aromatic heterocycles. The molecule has 1 atom stereocenters. The Morgan fingerprint density at radius 1 is 1.32 bits per heavy atom. The number of aromatic nitrogens is 6. The number of rotatable bonds is 3. The van der Waals surface area contributed by atoms with Crippen molar-refractivity contribution in [1.82, 2.24) is 34.9 Å². The number of benzene rings is 1. The first-order chi connectivity index (χ1) is 12.2.